The third-order valence-electron chi connectivity index (χ3n) is 6.48. The van der Waals surface area contributed by atoms with Gasteiger partial charge in [-0.25, -0.2) is 9.78 Å². The van der Waals surface area contributed by atoms with Crippen LogP contribution in [0.1, 0.15) is 23.7 Å². The molecule has 1 unspecified atom stereocenters. The standard InChI is InChI=1S/C29H26F3N3O8S/c1-37-20-7-5-15(21-13-18(35-43-21)16-10-23(38-2)27(40-4)24(11-16)39-3)9-22(20)41-14-26(36)34-28-33-19-12-17(42-29(30,31)32)6-8-25(19)44-28/h5-12,21H,13-14H2,1-4H3,(H,33,34,36)/p+1. The molecule has 44 heavy (non-hydrogen) atoms. The summed E-state index contributed by atoms with van der Waals surface area (Å²) in [5.41, 5.74) is 2.52. The van der Waals surface area contributed by atoms with E-state index in [1.165, 1.54) is 46.6 Å². The van der Waals surface area contributed by atoms with Gasteiger partial charge in [0.05, 0.1) is 38.9 Å². The van der Waals surface area contributed by atoms with E-state index in [4.69, 9.17) is 28.5 Å². The first kappa shape index (κ1) is 30.5. The van der Waals surface area contributed by atoms with Gasteiger partial charge in [0.2, 0.25) is 5.75 Å². The number of aromatic amines is 1. The molecule has 4 aromatic rings. The van der Waals surface area contributed by atoms with E-state index < -0.39 is 18.4 Å². The van der Waals surface area contributed by atoms with Crippen molar-refractivity contribution < 1.29 is 56.2 Å². The van der Waals surface area contributed by atoms with Crippen LogP contribution in [0.3, 0.4) is 0 Å². The fourth-order valence-electron chi connectivity index (χ4n) is 4.49. The molecule has 0 saturated heterocycles. The fraction of sp³-hybridized carbons (Fsp3) is 0.276. The molecule has 1 aromatic heterocycles. The molecule has 0 saturated carbocycles. The van der Waals surface area contributed by atoms with Gasteiger partial charge in [-0.2, -0.15) is 5.32 Å². The van der Waals surface area contributed by atoms with Gasteiger partial charge in [-0.3, -0.25) is 0 Å². The summed E-state index contributed by atoms with van der Waals surface area (Å²) in [5.74, 6) is 1.26. The van der Waals surface area contributed by atoms with Gasteiger partial charge in [-0.15, -0.1) is 13.2 Å². The molecule has 1 aliphatic heterocycles. The van der Waals surface area contributed by atoms with Crippen molar-refractivity contribution in [2.75, 3.05) is 40.4 Å². The molecule has 0 bridgehead atoms. The molecule has 0 fully saturated rings. The number of halogens is 3. The number of hydrogen-bond acceptors (Lipinski definition) is 10. The first-order valence-corrected chi connectivity index (χ1v) is 13.8. The van der Waals surface area contributed by atoms with E-state index in [9.17, 15) is 18.0 Å². The number of aromatic nitrogens is 1. The van der Waals surface area contributed by atoms with Crippen molar-refractivity contribution in [1.82, 2.24) is 0 Å². The Hall–Kier alpha value is -4.92. The fourth-order valence-corrected chi connectivity index (χ4v) is 5.40. The second-order valence-electron chi connectivity index (χ2n) is 9.26. The molecule has 3 aromatic carbocycles. The number of nitrogens with one attached hydrogen (secondary N) is 2. The van der Waals surface area contributed by atoms with E-state index >= 15 is 0 Å². The first-order chi connectivity index (χ1) is 21.1. The molecule has 0 aliphatic carbocycles. The van der Waals surface area contributed by atoms with Crippen LogP contribution < -0.4 is 38.7 Å². The van der Waals surface area contributed by atoms with Crippen molar-refractivity contribution in [2.24, 2.45) is 5.16 Å². The molecule has 0 radical (unpaired) electrons. The van der Waals surface area contributed by atoms with Gasteiger partial charge in [0.1, 0.15) is 11.3 Å². The van der Waals surface area contributed by atoms with Crippen LogP contribution >= 0.6 is 11.3 Å². The van der Waals surface area contributed by atoms with Crippen LogP contribution in [0.4, 0.5) is 18.3 Å². The Morgan fingerprint density at radius 1 is 0.977 bits per heavy atom. The lowest BCUT2D eigenvalue weighted by Crippen LogP contribution is -2.23. The van der Waals surface area contributed by atoms with Gasteiger partial charge in [0, 0.05) is 18.1 Å². The Bertz CT molecular complexity index is 1680. The summed E-state index contributed by atoms with van der Waals surface area (Å²) in [7, 11) is 6.06. The van der Waals surface area contributed by atoms with Gasteiger partial charge in [0.25, 0.3) is 0 Å². The summed E-state index contributed by atoms with van der Waals surface area (Å²) in [6, 6.07) is 12.6. The number of methoxy groups -OCH3 is 4. The number of fused-ring (bicyclic) bond motifs is 1. The molecule has 1 aliphatic rings. The highest BCUT2D eigenvalue weighted by Crippen LogP contribution is 2.41. The lowest BCUT2D eigenvalue weighted by Gasteiger charge is -2.15. The van der Waals surface area contributed by atoms with Gasteiger partial charge < -0.3 is 33.3 Å². The van der Waals surface area contributed by atoms with Gasteiger partial charge in [-0.05, 0) is 53.3 Å². The molecule has 5 rings (SSSR count). The van der Waals surface area contributed by atoms with Crippen LogP contribution in [0.25, 0.3) is 10.2 Å². The van der Waals surface area contributed by atoms with E-state index in [1.807, 2.05) is 6.07 Å². The predicted octanol–water partition coefficient (Wildman–Crippen LogP) is 5.53. The van der Waals surface area contributed by atoms with Crippen LogP contribution in [0.2, 0.25) is 0 Å². The van der Waals surface area contributed by atoms with Crippen molar-refractivity contribution in [1.29, 1.82) is 0 Å². The monoisotopic (exact) mass is 634 g/mol. The summed E-state index contributed by atoms with van der Waals surface area (Å²) in [6.07, 6.45) is -4.82. The number of amides is 1. The van der Waals surface area contributed by atoms with Gasteiger partial charge >= 0.3 is 17.4 Å². The number of carbonyl (C=O) groups is 1. The number of thiazole rings is 1. The van der Waals surface area contributed by atoms with Crippen LogP contribution in [-0.2, 0) is 9.63 Å². The largest absolute Gasteiger partial charge is 0.573 e. The van der Waals surface area contributed by atoms with Crippen LogP contribution in [0, 0.1) is 0 Å². The normalized spacial score (nSPS) is 14.4. The topological polar surface area (TPSA) is 120 Å². The summed E-state index contributed by atoms with van der Waals surface area (Å²) >= 11 is 1.15. The Morgan fingerprint density at radius 3 is 2.36 bits per heavy atom. The minimum absolute atomic E-state index is 0.305. The number of carbonyl (C=O) groups excluding carboxylic acids is 1. The quantitative estimate of drug-likeness (QED) is 0.229. The molecule has 1 atom stereocenters. The highest BCUT2D eigenvalue weighted by molar-refractivity contribution is 7.21. The van der Waals surface area contributed by atoms with E-state index in [-0.39, 0.29) is 12.4 Å². The van der Waals surface area contributed by atoms with Crippen molar-refractivity contribution in [2.45, 2.75) is 18.9 Å². The smallest absolute Gasteiger partial charge is 0.493 e. The second kappa shape index (κ2) is 12.8. The molecule has 2 heterocycles. The predicted molar refractivity (Wildman–Crippen MR) is 153 cm³/mol. The number of alkyl halides is 3. The Morgan fingerprint density at radius 2 is 1.70 bits per heavy atom. The third kappa shape index (κ3) is 6.83. The Balaban J connectivity index is 1.24. The molecule has 11 nitrogen and oxygen atoms in total. The number of rotatable bonds is 11. The molecular weight excluding hydrogens is 607 g/mol. The highest BCUT2D eigenvalue weighted by Gasteiger charge is 2.31. The molecular formula is C29H27F3N3O8S+. The summed E-state index contributed by atoms with van der Waals surface area (Å²) in [6.45, 7) is -0.372. The van der Waals surface area contributed by atoms with E-state index in [2.05, 4.69) is 20.2 Å². The Kier molecular flexibility index (Phi) is 8.85. The van der Waals surface area contributed by atoms with Crippen LogP contribution in [0.5, 0.6) is 34.5 Å². The van der Waals surface area contributed by atoms with E-state index in [1.54, 1.807) is 24.3 Å². The molecule has 2 N–H and O–H groups in total. The minimum atomic E-state index is -4.81. The van der Waals surface area contributed by atoms with Crippen LogP contribution in [0.15, 0.2) is 53.7 Å². The number of H-pyrrole nitrogens is 1. The molecule has 232 valence electrons. The lowest BCUT2D eigenvalue weighted by molar-refractivity contribution is -0.321. The maximum atomic E-state index is 12.7. The number of nitrogens with zero attached hydrogens (tertiary/aromatic N) is 1. The van der Waals surface area contributed by atoms with Gasteiger partial charge in [0.15, 0.2) is 35.7 Å². The molecule has 1 amide bonds. The summed E-state index contributed by atoms with van der Waals surface area (Å²) in [5, 5.41) is 7.23. The summed E-state index contributed by atoms with van der Waals surface area (Å²) < 4.78 is 69.6. The SMILES string of the molecule is COc1ccc(C2CC(c3cc(OC)c(OC)c(OC)c3)=NO2)cc1OCC(=O)Nc1[nH+]c2cc(OC(F)(F)F)ccc2s1. The number of benzene rings is 3. The number of anilines is 1. The number of oxime groups is 1. The van der Waals surface area contributed by atoms with Crippen LogP contribution in [-0.4, -0.2) is 53.0 Å². The average molecular weight is 635 g/mol. The third-order valence-corrected chi connectivity index (χ3v) is 7.47. The van der Waals surface area contributed by atoms with Crippen molar-refractivity contribution in [3.8, 4) is 34.5 Å². The first-order valence-electron chi connectivity index (χ1n) is 13.0. The number of hydrogen-bond donors (Lipinski definition) is 1. The number of ether oxygens (including phenoxy) is 6. The average Bonchev–Trinajstić information content (AvgIpc) is 3.65. The second-order valence-corrected chi connectivity index (χ2v) is 10.3. The van der Waals surface area contributed by atoms with Crippen molar-refractivity contribution in [3.63, 3.8) is 0 Å². The highest BCUT2D eigenvalue weighted by atomic mass is 32.1. The zero-order chi connectivity index (χ0) is 31.4. The zero-order valence-corrected chi connectivity index (χ0v) is 24.7. The maximum absolute atomic E-state index is 12.7. The minimum Gasteiger partial charge on any atom is -0.493 e. The van der Waals surface area contributed by atoms with Crippen molar-refractivity contribution in [3.05, 3.63) is 59.7 Å². The molecule has 0 spiro atoms. The Labute approximate surface area is 253 Å². The summed E-state index contributed by atoms with van der Waals surface area (Å²) in [4.78, 5) is 21.3. The van der Waals surface area contributed by atoms with Gasteiger partial charge in [-0.1, -0.05) is 11.2 Å². The van der Waals surface area contributed by atoms with Crippen molar-refractivity contribution >= 4 is 38.3 Å². The van der Waals surface area contributed by atoms with E-state index in [0.717, 1.165) is 22.5 Å². The lowest BCUT2D eigenvalue weighted by atomic mass is 9.99. The van der Waals surface area contributed by atoms with E-state index in [0.29, 0.717) is 56.2 Å². The maximum Gasteiger partial charge on any atom is 0.573 e. The molecule has 15 heteroatoms. The zero-order valence-electron chi connectivity index (χ0n) is 23.9.